The van der Waals surface area contributed by atoms with E-state index in [9.17, 15) is 9.46 Å². The van der Waals surface area contributed by atoms with Crippen molar-refractivity contribution in [3.63, 3.8) is 0 Å². The summed E-state index contributed by atoms with van der Waals surface area (Å²) < 4.78 is 16.6. The summed E-state index contributed by atoms with van der Waals surface area (Å²) in [6.07, 6.45) is 11.0. The van der Waals surface area contributed by atoms with Crippen molar-refractivity contribution in [3.05, 3.63) is 0 Å². The first-order chi connectivity index (χ1) is 8.62. The standard InChI is InChI=1S/C14H31O3P.Ni/c1-3-5-7-9-11-13-17-18(15,16)14-12-10-8-6-4-2;/h3-14H2,1-2H3,(H,15,16);/q;+2/p-1. The fourth-order valence-corrected chi connectivity index (χ4v) is 3.03. The molecule has 19 heavy (non-hydrogen) atoms. The molecule has 0 aliphatic carbocycles. The van der Waals surface area contributed by atoms with Crippen LogP contribution in [-0.4, -0.2) is 12.8 Å². The molecule has 1 unspecified atom stereocenters. The molecule has 0 bridgehead atoms. The zero-order valence-corrected chi connectivity index (χ0v) is 14.4. The average Bonchev–Trinajstić information content (AvgIpc) is 2.33. The van der Waals surface area contributed by atoms with Crippen LogP contribution in [0.1, 0.15) is 78.1 Å². The molecule has 3 nitrogen and oxygen atoms in total. The summed E-state index contributed by atoms with van der Waals surface area (Å²) in [5, 5.41) is 0. The first kappa shape index (κ1) is 21.9. The number of unbranched alkanes of at least 4 members (excludes halogenated alkanes) is 8. The molecular weight excluding hydrogens is 306 g/mol. The Labute approximate surface area is 129 Å². The van der Waals surface area contributed by atoms with E-state index in [0.717, 1.165) is 32.1 Å². The molecule has 0 heterocycles. The average molecular weight is 336 g/mol. The third kappa shape index (κ3) is 16.6. The van der Waals surface area contributed by atoms with Crippen LogP contribution in [0.2, 0.25) is 0 Å². The fourth-order valence-electron chi connectivity index (χ4n) is 1.88. The molecule has 0 radical (unpaired) electrons. The van der Waals surface area contributed by atoms with Gasteiger partial charge in [-0.15, -0.1) is 0 Å². The Bertz CT molecular complexity index is 225. The van der Waals surface area contributed by atoms with Crippen molar-refractivity contribution in [2.24, 2.45) is 0 Å². The first-order valence-corrected chi connectivity index (χ1v) is 9.29. The summed E-state index contributed by atoms with van der Waals surface area (Å²) in [6, 6.07) is 0. The maximum absolute atomic E-state index is 11.6. The molecule has 0 N–H and O–H groups in total. The van der Waals surface area contributed by atoms with Crippen LogP contribution < -0.4 is 4.89 Å². The predicted octanol–water partition coefficient (Wildman–Crippen LogP) is 4.49. The van der Waals surface area contributed by atoms with Crippen LogP contribution in [0.15, 0.2) is 0 Å². The van der Waals surface area contributed by atoms with Gasteiger partial charge in [0.1, 0.15) is 7.60 Å². The van der Waals surface area contributed by atoms with Crippen LogP contribution in [0.25, 0.3) is 0 Å². The predicted molar refractivity (Wildman–Crippen MR) is 75.9 cm³/mol. The van der Waals surface area contributed by atoms with Crippen molar-refractivity contribution < 1.29 is 30.5 Å². The molecular formula is C14H30NiO3P+. The summed E-state index contributed by atoms with van der Waals surface area (Å²) in [5.41, 5.74) is 0. The van der Waals surface area contributed by atoms with Gasteiger partial charge in [-0.2, -0.15) is 0 Å². The molecule has 0 fully saturated rings. The third-order valence-electron chi connectivity index (χ3n) is 3.07. The minimum atomic E-state index is -3.55. The van der Waals surface area contributed by atoms with Crippen molar-refractivity contribution >= 4 is 7.60 Å². The van der Waals surface area contributed by atoms with E-state index in [4.69, 9.17) is 4.52 Å². The Morgan fingerprint density at radius 2 is 1.32 bits per heavy atom. The summed E-state index contributed by atoms with van der Waals surface area (Å²) in [7, 11) is -3.55. The quantitative estimate of drug-likeness (QED) is 0.283. The van der Waals surface area contributed by atoms with Gasteiger partial charge in [-0.3, -0.25) is 0 Å². The minimum Gasteiger partial charge on any atom is -0.778 e. The summed E-state index contributed by atoms with van der Waals surface area (Å²) in [6.45, 7) is 4.69. The molecule has 0 amide bonds. The second-order valence-corrected chi connectivity index (χ2v) is 6.92. The fraction of sp³-hybridized carbons (Fsp3) is 1.00. The zero-order valence-electron chi connectivity index (χ0n) is 12.5. The van der Waals surface area contributed by atoms with Crippen LogP contribution >= 0.6 is 7.60 Å². The Hall–Kier alpha value is 0.644. The van der Waals surface area contributed by atoms with Crippen LogP contribution in [0.3, 0.4) is 0 Å². The van der Waals surface area contributed by atoms with E-state index in [2.05, 4.69) is 13.8 Å². The third-order valence-corrected chi connectivity index (χ3v) is 4.51. The summed E-state index contributed by atoms with van der Waals surface area (Å²) in [5.74, 6) is 0. The Balaban J connectivity index is 0. The molecule has 5 heteroatoms. The van der Waals surface area contributed by atoms with Gasteiger partial charge in [-0.25, -0.2) is 0 Å². The molecule has 0 saturated carbocycles. The molecule has 0 spiro atoms. The van der Waals surface area contributed by atoms with Gasteiger partial charge in [0, 0.05) is 6.16 Å². The van der Waals surface area contributed by atoms with Crippen LogP contribution in [0.4, 0.5) is 0 Å². The Kier molecular flexibility index (Phi) is 17.4. The van der Waals surface area contributed by atoms with Gasteiger partial charge < -0.3 is 14.0 Å². The SMILES string of the molecule is CCCCCCCOP(=O)([O-])CCCCCCC.[Ni+2]. The number of hydrogen-bond acceptors (Lipinski definition) is 3. The summed E-state index contributed by atoms with van der Waals surface area (Å²) in [4.78, 5) is 11.6. The monoisotopic (exact) mass is 335 g/mol. The van der Waals surface area contributed by atoms with Gasteiger partial charge in [0.05, 0.1) is 6.61 Å². The second kappa shape index (κ2) is 15.0. The molecule has 0 aromatic heterocycles. The van der Waals surface area contributed by atoms with Crippen molar-refractivity contribution in [2.45, 2.75) is 78.1 Å². The van der Waals surface area contributed by atoms with Crippen molar-refractivity contribution in [1.29, 1.82) is 0 Å². The smallest absolute Gasteiger partial charge is 0.778 e. The normalized spacial score (nSPS) is 13.8. The van der Waals surface area contributed by atoms with Crippen molar-refractivity contribution in [2.75, 3.05) is 12.8 Å². The van der Waals surface area contributed by atoms with Gasteiger partial charge in [-0.1, -0.05) is 65.2 Å². The van der Waals surface area contributed by atoms with Gasteiger partial charge in [0.2, 0.25) is 0 Å². The molecule has 0 aliphatic rings. The molecule has 1 atom stereocenters. The van der Waals surface area contributed by atoms with E-state index >= 15 is 0 Å². The number of hydrogen-bond donors (Lipinski definition) is 0. The summed E-state index contributed by atoms with van der Waals surface area (Å²) >= 11 is 0. The van der Waals surface area contributed by atoms with E-state index in [0.29, 0.717) is 6.61 Å². The van der Waals surface area contributed by atoms with Crippen LogP contribution in [0, 0.1) is 0 Å². The second-order valence-electron chi connectivity index (χ2n) is 5.00. The Morgan fingerprint density at radius 1 is 0.842 bits per heavy atom. The van der Waals surface area contributed by atoms with E-state index in [1.807, 2.05) is 0 Å². The molecule has 118 valence electrons. The molecule has 0 rings (SSSR count). The molecule has 0 saturated heterocycles. The van der Waals surface area contributed by atoms with Crippen LogP contribution in [-0.2, 0) is 25.6 Å². The van der Waals surface area contributed by atoms with Gasteiger partial charge in [0.15, 0.2) is 0 Å². The van der Waals surface area contributed by atoms with Crippen LogP contribution in [0.5, 0.6) is 0 Å². The van der Waals surface area contributed by atoms with E-state index < -0.39 is 7.60 Å². The minimum absolute atomic E-state index is 0. The van der Waals surface area contributed by atoms with E-state index in [-0.39, 0.29) is 22.7 Å². The van der Waals surface area contributed by atoms with Crippen molar-refractivity contribution in [3.8, 4) is 0 Å². The first-order valence-electron chi connectivity index (χ1n) is 7.57. The molecule has 0 aromatic rings. The maximum atomic E-state index is 11.6. The largest absolute Gasteiger partial charge is 2.00 e. The Morgan fingerprint density at radius 3 is 1.84 bits per heavy atom. The van der Waals surface area contributed by atoms with E-state index in [1.54, 1.807) is 0 Å². The number of rotatable bonds is 13. The molecule has 0 aromatic carbocycles. The zero-order chi connectivity index (χ0) is 13.7. The van der Waals surface area contributed by atoms with E-state index in [1.165, 1.54) is 32.1 Å². The van der Waals surface area contributed by atoms with Gasteiger partial charge in [-0.05, 0) is 12.8 Å². The topological polar surface area (TPSA) is 49.4 Å². The van der Waals surface area contributed by atoms with Gasteiger partial charge in [0.25, 0.3) is 0 Å². The van der Waals surface area contributed by atoms with Crippen molar-refractivity contribution in [1.82, 2.24) is 0 Å². The maximum Gasteiger partial charge on any atom is 2.00 e. The van der Waals surface area contributed by atoms with Gasteiger partial charge >= 0.3 is 16.5 Å². The molecule has 0 aliphatic heterocycles.